The van der Waals surface area contributed by atoms with Crippen LogP contribution in [0.5, 0.6) is 5.75 Å². The van der Waals surface area contributed by atoms with Gasteiger partial charge in [-0.2, -0.15) is 0 Å². The summed E-state index contributed by atoms with van der Waals surface area (Å²) in [4.78, 5) is 27.6. The lowest BCUT2D eigenvalue weighted by atomic mass is 9.65. The first kappa shape index (κ1) is 18.1. The van der Waals surface area contributed by atoms with Crippen molar-refractivity contribution in [1.82, 2.24) is 4.90 Å². The average Bonchev–Trinajstić information content (AvgIpc) is 2.80. The largest absolute Gasteiger partial charge is 0.508 e. The molecule has 1 amide bonds. The van der Waals surface area contributed by atoms with Gasteiger partial charge in [0.15, 0.2) is 0 Å². The van der Waals surface area contributed by atoms with Crippen LogP contribution < -0.4 is 5.63 Å². The van der Waals surface area contributed by atoms with Crippen molar-refractivity contribution in [2.75, 3.05) is 6.54 Å². The van der Waals surface area contributed by atoms with Crippen LogP contribution in [0, 0.1) is 17.8 Å². The molecule has 5 nitrogen and oxygen atoms in total. The van der Waals surface area contributed by atoms with E-state index < -0.39 is 5.63 Å². The summed E-state index contributed by atoms with van der Waals surface area (Å²) in [6, 6.07) is 4.98. The maximum Gasteiger partial charge on any atom is 0.340 e. The molecule has 2 fully saturated rings. The molecule has 1 aromatic carbocycles. The van der Waals surface area contributed by atoms with E-state index in [0.29, 0.717) is 11.1 Å². The average molecular weight is 369 g/mol. The van der Waals surface area contributed by atoms with Gasteiger partial charge in [-0.3, -0.25) is 4.79 Å². The Morgan fingerprint density at radius 2 is 2.04 bits per heavy atom. The van der Waals surface area contributed by atoms with Crippen LogP contribution in [-0.4, -0.2) is 28.5 Å². The molecular formula is C22H27NO4. The highest BCUT2D eigenvalue weighted by atomic mass is 16.4. The molecule has 2 bridgehead atoms. The molecule has 0 unspecified atom stereocenters. The van der Waals surface area contributed by atoms with Crippen LogP contribution in [0.2, 0.25) is 0 Å². The van der Waals surface area contributed by atoms with Crippen molar-refractivity contribution in [2.24, 2.45) is 10.8 Å². The van der Waals surface area contributed by atoms with E-state index in [-0.39, 0.29) is 34.9 Å². The molecule has 2 heterocycles. The number of amides is 1. The molecule has 1 saturated carbocycles. The van der Waals surface area contributed by atoms with Gasteiger partial charge < -0.3 is 14.4 Å². The minimum absolute atomic E-state index is 0.00922. The van der Waals surface area contributed by atoms with E-state index in [9.17, 15) is 14.7 Å². The van der Waals surface area contributed by atoms with Crippen molar-refractivity contribution in [1.29, 1.82) is 0 Å². The third-order valence-electron chi connectivity index (χ3n) is 6.33. The zero-order chi connectivity index (χ0) is 19.6. The lowest BCUT2D eigenvalue weighted by molar-refractivity contribution is -0.131. The van der Waals surface area contributed by atoms with Gasteiger partial charge in [-0.25, -0.2) is 4.79 Å². The fraction of sp³-hybridized carbons (Fsp3) is 0.545. The first-order chi connectivity index (χ1) is 12.6. The molecule has 1 aliphatic heterocycles. The van der Waals surface area contributed by atoms with Gasteiger partial charge >= 0.3 is 5.63 Å². The lowest BCUT2D eigenvalue weighted by Gasteiger charge is -2.39. The predicted molar refractivity (Wildman–Crippen MR) is 104 cm³/mol. The Bertz CT molecular complexity index is 990. The van der Waals surface area contributed by atoms with Crippen LogP contribution in [0.3, 0.4) is 0 Å². The Hall–Kier alpha value is -2.30. The number of phenolic OH excluding ortho intramolecular Hbond substituents is 1. The number of aromatic hydroxyl groups is 1. The summed E-state index contributed by atoms with van der Waals surface area (Å²) in [5.41, 5.74) is 1.44. The molecule has 0 spiro atoms. The lowest BCUT2D eigenvalue weighted by Crippen LogP contribution is -2.39. The van der Waals surface area contributed by atoms with Crippen molar-refractivity contribution < 1.29 is 14.3 Å². The van der Waals surface area contributed by atoms with Gasteiger partial charge in [-0.05, 0) is 54.7 Å². The number of hydrogen-bond donors (Lipinski definition) is 1. The molecule has 4 rings (SSSR count). The molecule has 2 atom stereocenters. The second-order valence-electron chi connectivity index (χ2n) is 9.59. The van der Waals surface area contributed by atoms with Crippen LogP contribution in [0.1, 0.15) is 51.2 Å². The van der Waals surface area contributed by atoms with Crippen molar-refractivity contribution in [3.8, 4) is 5.75 Å². The maximum atomic E-state index is 13.1. The van der Waals surface area contributed by atoms with Gasteiger partial charge in [-0.1, -0.05) is 20.8 Å². The van der Waals surface area contributed by atoms with Gasteiger partial charge in [0.25, 0.3) is 0 Å². The highest BCUT2D eigenvalue weighted by Crippen LogP contribution is 2.52. The number of rotatable bonds is 2. The summed E-state index contributed by atoms with van der Waals surface area (Å²) in [6.07, 6.45) is 3.25. The van der Waals surface area contributed by atoms with Gasteiger partial charge in [0.2, 0.25) is 5.91 Å². The Balaban J connectivity index is 1.64. The molecule has 2 aromatic rings. The molecule has 2 aliphatic rings. The highest BCUT2D eigenvalue weighted by molar-refractivity contribution is 5.85. The van der Waals surface area contributed by atoms with Crippen molar-refractivity contribution in [3.05, 3.63) is 39.7 Å². The summed E-state index contributed by atoms with van der Waals surface area (Å²) < 4.78 is 5.37. The smallest absolute Gasteiger partial charge is 0.340 e. The third-order valence-corrected chi connectivity index (χ3v) is 6.33. The maximum absolute atomic E-state index is 13.1. The van der Waals surface area contributed by atoms with E-state index in [1.807, 2.05) is 11.8 Å². The van der Waals surface area contributed by atoms with E-state index in [0.717, 1.165) is 36.8 Å². The van der Waals surface area contributed by atoms with Crippen LogP contribution in [0.15, 0.2) is 27.4 Å². The Morgan fingerprint density at radius 1 is 1.30 bits per heavy atom. The van der Waals surface area contributed by atoms with Gasteiger partial charge in [-0.15, -0.1) is 0 Å². The minimum atomic E-state index is -0.493. The Labute approximate surface area is 159 Å². The molecule has 5 heteroatoms. The van der Waals surface area contributed by atoms with Gasteiger partial charge in [0.05, 0.1) is 12.0 Å². The number of phenols is 1. The first-order valence-corrected chi connectivity index (χ1v) is 9.62. The van der Waals surface area contributed by atoms with Crippen molar-refractivity contribution in [3.63, 3.8) is 0 Å². The Morgan fingerprint density at radius 3 is 2.78 bits per heavy atom. The molecule has 1 aliphatic carbocycles. The number of carbonyl (C=O) groups is 1. The number of hydrogen-bond acceptors (Lipinski definition) is 4. The van der Waals surface area contributed by atoms with E-state index in [1.165, 1.54) is 6.07 Å². The number of benzene rings is 1. The molecule has 1 N–H and O–H groups in total. The SMILES string of the molecule is Cc1c(CC(=O)N2C[C@]3(C)C[C@@H]2CC(C)(C)C3)c(=O)oc2cc(O)ccc12. The van der Waals surface area contributed by atoms with Crippen molar-refractivity contribution >= 4 is 16.9 Å². The molecule has 1 saturated heterocycles. The van der Waals surface area contributed by atoms with Crippen LogP contribution in [-0.2, 0) is 11.2 Å². The van der Waals surface area contributed by atoms with E-state index in [4.69, 9.17) is 4.42 Å². The number of carbonyl (C=O) groups excluding carboxylic acids is 1. The highest BCUT2D eigenvalue weighted by Gasteiger charge is 2.50. The number of nitrogens with zero attached hydrogens (tertiary/aromatic N) is 1. The standard InChI is InChI=1S/C22H27NO4/c1-13-16-6-5-15(24)7-18(16)27-20(26)17(13)8-19(25)23-12-22(4)10-14(23)9-21(2,3)11-22/h5-7,14,24H,8-12H2,1-4H3/t14-,22+/m0/s1. The summed E-state index contributed by atoms with van der Waals surface area (Å²) in [5.74, 6) is 0.0593. The number of aryl methyl sites for hydroxylation is 1. The normalized spacial score (nSPS) is 26.5. The minimum Gasteiger partial charge on any atom is -0.508 e. The summed E-state index contributed by atoms with van der Waals surface area (Å²) in [6.45, 7) is 9.44. The number of fused-ring (bicyclic) bond motifs is 3. The quantitative estimate of drug-likeness (QED) is 0.818. The second kappa shape index (κ2) is 5.85. The van der Waals surface area contributed by atoms with Crippen LogP contribution >= 0.6 is 0 Å². The predicted octanol–water partition coefficient (Wildman–Crippen LogP) is 3.78. The van der Waals surface area contributed by atoms with E-state index >= 15 is 0 Å². The zero-order valence-electron chi connectivity index (χ0n) is 16.5. The van der Waals surface area contributed by atoms with Crippen LogP contribution in [0.25, 0.3) is 11.0 Å². The topological polar surface area (TPSA) is 70.8 Å². The molecular weight excluding hydrogens is 342 g/mol. The van der Waals surface area contributed by atoms with Crippen LogP contribution in [0.4, 0.5) is 0 Å². The van der Waals surface area contributed by atoms with Gasteiger partial charge in [0.1, 0.15) is 11.3 Å². The van der Waals surface area contributed by atoms with E-state index in [1.54, 1.807) is 12.1 Å². The van der Waals surface area contributed by atoms with Gasteiger partial charge in [0, 0.05) is 24.0 Å². The summed E-state index contributed by atoms with van der Waals surface area (Å²) >= 11 is 0. The second-order valence-corrected chi connectivity index (χ2v) is 9.59. The summed E-state index contributed by atoms with van der Waals surface area (Å²) in [5, 5.41) is 10.4. The molecule has 27 heavy (non-hydrogen) atoms. The fourth-order valence-electron chi connectivity index (χ4n) is 5.59. The van der Waals surface area contributed by atoms with Crippen molar-refractivity contribution in [2.45, 2.75) is 59.4 Å². The Kier molecular flexibility index (Phi) is 3.92. The third kappa shape index (κ3) is 3.13. The monoisotopic (exact) mass is 369 g/mol. The first-order valence-electron chi connectivity index (χ1n) is 9.62. The zero-order valence-corrected chi connectivity index (χ0v) is 16.5. The van der Waals surface area contributed by atoms with E-state index in [2.05, 4.69) is 20.8 Å². The number of likely N-dealkylation sites (tertiary alicyclic amines) is 1. The molecule has 144 valence electrons. The summed E-state index contributed by atoms with van der Waals surface area (Å²) in [7, 11) is 0. The fourth-order valence-corrected chi connectivity index (χ4v) is 5.59. The molecule has 1 aromatic heterocycles. The molecule has 0 radical (unpaired) electrons.